The van der Waals surface area contributed by atoms with E-state index in [0.29, 0.717) is 6.54 Å². The Balaban J connectivity index is 2.62. The van der Waals surface area contributed by atoms with Gasteiger partial charge in [0.2, 0.25) is 0 Å². The van der Waals surface area contributed by atoms with Crippen molar-refractivity contribution in [1.82, 2.24) is 19.4 Å². The van der Waals surface area contributed by atoms with Gasteiger partial charge < -0.3 is 14.6 Å². The Labute approximate surface area is 108 Å². The van der Waals surface area contributed by atoms with Crippen molar-refractivity contribution >= 4 is 5.97 Å². The van der Waals surface area contributed by atoms with Crippen molar-refractivity contribution in [3.63, 3.8) is 0 Å². The molecule has 0 aliphatic rings. The van der Waals surface area contributed by atoms with Gasteiger partial charge in [-0.25, -0.2) is 4.98 Å². The van der Waals surface area contributed by atoms with Gasteiger partial charge in [-0.2, -0.15) is 0 Å². The second-order valence-electron chi connectivity index (χ2n) is 4.58. The number of rotatable bonds is 8. The third-order valence-electron chi connectivity index (χ3n) is 2.75. The van der Waals surface area contributed by atoms with Crippen LogP contribution in [0.15, 0.2) is 12.5 Å². The first kappa shape index (κ1) is 14.7. The Hall–Kier alpha value is -1.40. The molecule has 0 aromatic carbocycles. The first-order chi connectivity index (χ1) is 8.52. The summed E-state index contributed by atoms with van der Waals surface area (Å²) in [6.07, 6.45) is 3.58. The van der Waals surface area contributed by atoms with Gasteiger partial charge in [-0.05, 0) is 21.0 Å². The van der Waals surface area contributed by atoms with Crippen LogP contribution in [-0.2, 0) is 17.9 Å². The minimum absolute atomic E-state index is 0.0583. The van der Waals surface area contributed by atoms with Crippen LogP contribution in [0.2, 0.25) is 0 Å². The third-order valence-corrected chi connectivity index (χ3v) is 2.75. The molecular formula is C12H22N4O2. The zero-order valence-electron chi connectivity index (χ0n) is 11.3. The number of aliphatic carboxylic acids is 1. The molecule has 0 atom stereocenters. The lowest BCUT2D eigenvalue weighted by Crippen LogP contribution is -2.35. The SMILES string of the molecule is CCn1cncc1CN(CCN(C)C)CC(=O)O. The molecule has 6 nitrogen and oxygen atoms in total. The van der Waals surface area contributed by atoms with E-state index in [-0.39, 0.29) is 6.54 Å². The van der Waals surface area contributed by atoms with Gasteiger partial charge in [0.25, 0.3) is 0 Å². The molecule has 0 bridgehead atoms. The van der Waals surface area contributed by atoms with Crippen LogP contribution in [0.4, 0.5) is 0 Å². The van der Waals surface area contributed by atoms with E-state index in [4.69, 9.17) is 5.11 Å². The number of carboxylic acids is 1. The lowest BCUT2D eigenvalue weighted by molar-refractivity contribution is -0.138. The van der Waals surface area contributed by atoms with Crippen LogP contribution in [0.1, 0.15) is 12.6 Å². The number of likely N-dealkylation sites (N-methyl/N-ethyl adjacent to an activating group) is 1. The molecule has 102 valence electrons. The van der Waals surface area contributed by atoms with E-state index in [0.717, 1.165) is 25.3 Å². The van der Waals surface area contributed by atoms with Crippen LogP contribution in [-0.4, -0.2) is 64.2 Å². The zero-order valence-corrected chi connectivity index (χ0v) is 11.3. The molecule has 0 amide bonds. The number of aromatic nitrogens is 2. The van der Waals surface area contributed by atoms with Crippen LogP contribution in [0.5, 0.6) is 0 Å². The molecule has 0 aliphatic heterocycles. The number of hydrogen-bond donors (Lipinski definition) is 1. The van der Waals surface area contributed by atoms with E-state index >= 15 is 0 Å². The Bertz CT molecular complexity index is 376. The van der Waals surface area contributed by atoms with E-state index in [1.807, 2.05) is 35.4 Å². The molecule has 0 saturated heterocycles. The lowest BCUT2D eigenvalue weighted by Gasteiger charge is -2.22. The van der Waals surface area contributed by atoms with Crippen molar-refractivity contribution in [3.05, 3.63) is 18.2 Å². The highest BCUT2D eigenvalue weighted by molar-refractivity contribution is 5.69. The standard InChI is InChI=1S/C12H22N4O2/c1-4-16-10-13-7-11(16)8-15(9-12(17)18)6-5-14(2)3/h7,10H,4-6,8-9H2,1-3H3,(H,17,18). The normalized spacial score (nSPS) is 11.4. The average molecular weight is 254 g/mol. The third kappa shape index (κ3) is 4.85. The predicted octanol–water partition coefficient (Wildman–Crippen LogP) is 0.351. The first-order valence-corrected chi connectivity index (χ1v) is 6.10. The van der Waals surface area contributed by atoms with Gasteiger partial charge in [0.1, 0.15) is 0 Å². The number of carbonyl (C=O) groups is 1. The molecule has 0 radical (unpaired) electrons. The summed E-state index contributed by atoms with van der Waals surface area (Å²) in [7, 11) is 3.96. The Morgan fingerprint density at radius 2 is 2.17 bits per heavy atom. The van der Waals surface area contributed by atoms with Crippen molar-refractivity contribution in [2.24, 2.45) is 0 Å². The molecule has 1 rings (SSSR count). The van der Waals surface area contributed by atoms with Crippen molar-refractivity contribution in [2.75, 3.05) is 33.7 Å². The number of nitrogens with zero attached hydrogens (tertiary/aromatic N) is 4. The Morgan fingerprint density at radius 3 is 2.72 bits per heavy atom. The molecule has 0 unspecified atom stereocenters. The summed E-state index contributed by atoms with van der Waals surface area (Å²) in [5.41, 5.74) is 1.05. The molecular weight excluding hydrogens is 232 g/mol. The predicted molar refractivity (Wildman–Crippen MR) is 69.4 cm³/mol. The van der Waals surface area contributed by atoms with Gasteiger partial charge in [-0.3, -0.25) is 9.69 Å². The molecule has 6 heteroatoms. The molecule has 0 aliphatic carbocycles. The van der Waals surface area contributed by atoms with Crippen molar-refractivity contribution < 1.29 is 9.90 Å². The topological polar surface area (TPSA) is 61.6 Å². The maximum absolute atomic E-state index is 10.9. The molecule has 18 heavy (non-hydrogen) atoms. The van der Waals surface area contributed by atoms with Crippen LogP contribution in [0, 0.1) is 0 Å². The van der Waals surface area contributed by atoms with Crippen LogP contribution < -0.4 is 0 Å². The molecule has 0 saturated carbocycles. The van der Waals surface area contributed by atoms with E-state index in [2.05, 4.69) is 4.98 Å². The average Bonchev–Trinajstić information content (AvgIpc) is 2.72. The second-order valence-corrected chi connectivity index (χ2v) is 4.58. The van der Waals surface area contributed by atoms with Gasteiger partial charge in [0.05, 0.1) is 18.6 Å². The molecule has 1 aromatic heterocycles. The van der Waals surface area contributed by atoms with Gasteiger partial charge in [-0.1, -0.05) is 0 Å². The summed E-state index contributed by atoms with van der Waals surface area (Å²) >= 11 is 0. The summed E-state index contributed by atoms with van der Waals surface area (Å²) in [6.45, 7) is 5.15. The van der Waals surface area contributed by atoms with Gasteiger partial charge in [0, 0.05) is 32.4 Å². The fourth-order valence-corrected chi connectivity index (χ4v) is 1.74. The summed E-state index contributed by atoms with van der Waals surface area (Å²) < 4.78 is 2.03. The van der Waals surface area contributed by atoms with Crippen molar-refractivity contribution in [3.8, 4) is 0 Å². The van der Waals surface area contributed by atoms with Crippen LogP contribution in [0.3, 0.4) is 0 Å². The molecule has 1 aromatic rings. The highest BCUT2D eigenvalue weighted by atomic mass is 16.4. The minimum atomic E-state index is -0.795. The highest BCUT2D eigenvalue weighted by Crippen LogP contribution is 2.04. The molecule has 0 spiro atoms. The maximum atomic E-state index is 10.9. The maximum Gasteiger partial charge on any atom is 0.317 e. The van der Waals surface area contributed by atoms with E-state index in [9.17, 15) is 4.79 Å². The van der Waals surface area contributed by atoms with Gasteiger partial charge in [-0.15, -0.1) is 0 Å². The highest BCUT2D eigenvalue weighted by Gasteiger charge is 2.12. The Morgan fingerprint density at radius 1 is 1.44 bits per heavy atom. The van der Waals surface area contributed by atoms with Crippen molar-refractivity contribution in [1.29, 1.82) is 0 Å². The smallest absolute Gasteiger partial charge is 0.317 e. The van der Waals surface area contributed by atoms with E-state index < -0.39 is 5.97 Å². The number of carboxylic acid groups (broad SMARTS) is 1. The zero-order chi connectivity index (χ0) is 13.5. The summed E-state index contributed by atoms with van der Waals surface area (Å²) in [5, 5.41) is 8.93. The number of hydrogen-bond acceptors (Lipinski definition) is 4. The first-order valence-electron chi connectivity index (χ1n) is 6.10. The largest absolute Gasteiger partial charge is 0.480 e. The van der Waals surface area contributed by atoms with Gasteiger partial charge in [0.15, 0.2) is 0 Å². The summed E-state index contributed by atoms with van der Waals surface area (Å²) in [6, 6.07) is 0. The molecule has 1 heterocycles. The molecule has 1 N–H and O–H groups in total. The second kappa shape index (κ2) is 7.13. The monoisotopic (exact) mass is 254 g/mol. The van der Waals surface area contributed by atoms with E-state index in [1.54, 1.807) is 12.5 Å². The number of aryl methyl sites for hydroxylation is 1. The van der Waals surface area contributed by atoms with Crippen LogP contribution in [0.25, 0.3) is 0 Å². The summed E-state index contributed by atoms with van der Waals surface area (Å²) in [4.78, 5) is 18.9. The summed E-state index contributed by atoms with van der Waals surface area (Å²) in [5.74, 6) is -0.795. The minimum Gasteiger partial charge on any atom is -0.480 e. The quantitative estimate of drug-likeness (QED) is 0.725. The Kier molecular flexibility index (Phi) is 5.80. The number of imidazole rings is 1. The molecule has 0 fully saturated rings. The fourth-order valence-electron chi connectivity index (χ4n) is 1.74. The fraction of sp³-hybridized carbons (Fsp3) is 0.667. The van der Waals surface area contributed by atoms with Gasteiger partial charge >= 0.3 is 5.97 Å². The van der Waals surface area contributed by atoms with Crippen molar-refractivity contribution in [2.45, 2.75) is 20.0 Å². The lowest BCUT2D eigenvalue weighted by atomic mass is 10.3. The van der Waals surface area contributed by atoms with Crippen LogP contribution >= 0.6 is 0 Å². The van der Waals surface area contributed by atoms with E-state index in [1.165, 1.54) is 0 Å².